The summed E-state index contributed by atoms with van der Waals surface area (Å²) in [5.74, 6) is 0. The van der Waals surface area contributed by atoms with Crippen molar-refractivity contribution in [3.63, 3.8) is 0 Å². The zero-order valence-electron chi connectivity index (χ0n) is 11.2. The average molecular weight is 305 g/mol. The van der Waals surface area contributed by atoms with Crippen molar-refractivity contribution in [2.75, 3.05) is 13.2 Å². The van der Waals surface area contributed by atoms with E-state index < -0.39 is 13.3 Å². The fourth-order valence-electron chi connectivity index (χ4n) is 1.77. The zero-order chi connectivity index (χ0) is 14.3. The maximum atomic E-state index is 12.7. The van der Waals surface area contributed by atoms with Gasteiger partial charge in [0, 0.05) is 22.9 Å². The summed E-state index contributed by atoms with van der Waals surface area (Å²) in [6.45, 7) is 5.92. The van der Waals surface area contributed by atoms with Gasteiger partial charge >= 0.3 is 0 Å². The number of aliphatic hydroxyl groups is 1. The van der Waals surface area contributed by atoms with E-state index in [9.17, 15) is 10.00 Å². The Balaban J connectivity index is 2.26. The Kier molecular flexibility index (Phi) is 3.96. The van der Waals surface area contributed by atoms with Crippen LogP contribution in [0.4, 0.5) is 0 Å². The molecule has 0 amide bonds. The van der Waals surface area contributed by atoms with Gasteiger partial charge in [0.25, 0.3) is 7.94 Å². The first-order valence-electron chi connectivity index (χ1n) is 6.04. The van der Waals surface area contributed by atoms with E-state index in [0.717, 1.165) is 0 Å². The summed E-state index contributed by atoms with van der Waals surface area (Å²) in [5.41, 5.74) is 0.254. The molecule has 2 rings (SSSR count). The van der Waals surface area contributed by atoms with Crippen LogP contribution in [-0.4, -0.2) is 18.3 Å². The molecule has 1 aliphatic heterocycles. The van der Waals surface area contributed by atoms with Gasteiger partial charge in [0.15, 0.2) is 0 Å². The molecule has 1 atom stereocenters. The van der Waals surface area contributed by atoms with Crippen molar-refractivity contribution >= 4 is 19.5 Å². The van der Waals surface area contributed by atoms with E-state index in [1.54, 1.807) is 24.3 Å². The lowest BCUT2D eigenvalue weighted by molar-refractivity contribution is -0.252. The standard InChI is InChI=1S/C13H18ClO4P/c1-12(2)8-17-19(16,18-9-12)13(3,15)10-4-6-11(14)7-5-10/h4-7,15H,8-9H2,1-3H3/t13-/m1/s1. The van der Waals surface area contributed by atoms with Crippen LogP contribution in [0.15, 0.2) is 24.3 Å². The molecule has 0 radical (unpaired) electrons. The quantitative estimate of drug-likeness (QED) is 0.853. The lowest BCUT2D eigenvalue weighted by atomic mass is 9.97. The van der Waals surface area contributed by atoms with E-state index in [1.165, 1.54) is 6.92 Å². The minimum absolute atomic E-state index is 0.204. The van der Waals surface area contributed by atoms with Crippen molar-refractivity contribution in [2.24, 2.45) is 5.41 Å². The smallest absolute Gasteiger partial charge is 0.274 e. The summed E-state index contributed by atoms with van der Waals surface area (Å²) in [4.78, 5) is 12.7. The van der Waals surface area contributed by atoms with Gasteiger partial charge in [-0.25, -0.2) is 9.05 Å². The van der Waals surface area contributed by atoms with E-state index >= 15 is 0 Å². The van der Waals surface area contributed by atoms with Gasteiger partial charge in [-0.1, -0.05) is 37.6 Å². The lowest BCUT2D eigenvalue weighted by Gasteiger charge is -2.44. The van der Waals surface area contributed by atoms with Crippen LogP contribution in [-0.2, 0) is 14.4 Å². The van der Waals surface area contributed by atoms with Crippen molar-refractivity contribution in [3.05, 3.63) is 34.9 Å². The summed E-state index contributed by atoms with van der Waals surface area (Å²) in [5, 5.41) is 9.43. The Morgan fingerprint density at radius 1 is 1.26 bits per heavy atom. The summed E-state index contributed by atoms with van der Waals surface area (Å²) < 4.78 is 10.8. The van der Waals surface area contributed by atoms with Gasteiger partial charge in [0.05, 0.1) is 0 Å². The molecule has 1 aromatic rings. The van der Waals surface area contributed by atoms with Crippen LogP contribution < -0.4 is 4.89 Å². The molecule has 1 N–H and O–H groups in total. The highest BCUT2D eigenvalue weighted by Crippen LogP contribution is 2.69. The molecule has 0 spiro atoms. The van der Waals surface area contributed by atoms with E-state index in [-0.39, 0.29) is 18.6 Å². The van der Waals surface area contributed by atoms with Gasteiger partial charge in [0.1, 0.15) is 13.2 Å². The van der Waals surface area contributed by atoms with Crippen LogP contribution in [0.3, 0.4) is 0 Å². The SMILES string of the molecule is CC1(C)CO[P+]([O-])([C@@](C)(O)c2ccc(Cl)cc2)OC1. The van der Waals surface area contributed by atoms with Gasteiger partial charge < -0.3 is 10.00 Å². The topological polar surface area (TPSA) is 61.8 Å². The molecule has 0 bridgehead atoms. The Labute approximate surface area is 118 Å². The molecule has 0 saturated carbocycles. The normalized spacial score (nSPS) is 24.7. The number of rotatable bonds is 2. The first-order valence-corrected chi connectivity index (χ1v) is 7.96. The molecule has 0 aliphatic carbocycles. The highest BCUT2D eigenvalue weighted by atomic mass is 35.5. The summed E-state index contributed by atoms with van der Waals surface area (Å²) in [6, 6.07) is 6.50. The van der Waals surface area contributed by atoms with Crippen LogP contribution in [0, 0.1) is 5.41 Å². The van der Waals surface area contributed by atoms with Crippen LogP contribution in [0.5, 0.6) is 0 Å². The predicted molar refractivity (Wildman–Crippen MR) is 73.6 cm³/mol. The van der Waals surface area contributed by atoms with E-state index in [0.29, 0.717) is 10.6 Å². The molecule has 19 heavy (non-hydrogen) atoms. The fourth-order valence-corrected chi connectivity index (χ4v) is 3.98. The first kappa shape index (κ1) is 15.2. The van der Waals surface area contributed by atoms with Crippen LogP contribution >= 0.6 is 19.5 Å². The molecule has 6 heteroatoms. The van der Waals surface area contributed by atoms with Gasteiger partial charge in [-0.05, 0) is 12.1 Å². The Bertz CT molecular complexity index is 448. The molecule has 0 unspecified atom stereocenters. The highest BCUT2D eigenvalue weighted by Gasteiger charge is 2.56. The van der Waals surface area contributed by atoms with Crippen LogP contribution in [0.25, 0.3) is 0 Å². The van der Waals surface area contributed by atoms with Crippen molar-refractivity contribution in [3.8, 4) is 0 Å². The van der Waals surface area contributed by atoms with Crippen molar-refractivity contribution < 1.29 is 19.0 Å². The Morgan fingerprint density at radius 2 is 1.74 bits per heavy atom. The third-order valence-corrected chi connectivity index (χ3v) is 5.69. The van der Waals surface area contributed by atoms with Crippen molar-refractivity contribution in [1.29, 1.82) is 0 Å². The van der Waals surface area contributed by atoms with Crippen molar-refractivity contribution in [2.45, 2.75) is 26.1 Å². The first-order chi connectivity index (χ1) is 8.66. The molecule has 1 heterocycles. The number of hydrogen-bond acceptors (Lipinski definition) is 4. The monoisotopic (exact) mass is 304 g/mol. The van der Waals surface area contributed by atoms with E-state index in [1.807, 2.05) is 13.8 Å². The molecule has 1 fully saturated rings. The molecule has 0 aromatic heterocycles. The third-order valence-electron chi connectivity index (χ3n) is 3.17. The van der Waals surface area contributed by atoms with Gasteiger partial charge in [-0.2, -0.15) is 0 Å². The summed E-state index contributed by atoms with van der Waals surface area (Å²) in [6.07, 6.45) is 0. The van der Waals surface area contributed by atoms with E-state index in [2.05, 4.69) is 0 Å². The number of halogens is 1. The minimum Gasteiger partial charge on any atom is -0.629 e. The number of benzene rings is 1. The molecular weight excluding hydrogens is 287 g/mol. The second-order valence-corrected chi connectivity index (χ2v) is 8.55. The molecular formula is C13H18ClO4P. The van der Waals surface area contributed by atoms with Crippen LogP contribution in [0.1, 0.15) is 26.3 Å². The molecule has 1 saturated heterocycles. The van der Waals surface area contributed by atoms with Crippen molar-refractivity contribution in [1.82, 2.24) is 0 Å². The highest BCUT2D eigenvalue weighted by molar-refractivity contribution is 7.60. The second kappa shape index (κ2) is 4.96. The summed E-state index contributed by atoms with van der Waals surface area (Å²) >= 11 is 5.81. The summed E-state index contributed by atoms with van der Waals surface area (Å²) in [7, 11) is -3.62. The largest absolute Gasteiger partial charge is 0.629 e. The molecule has 4 nitrogen and oxygen atoms in total. The molecule has 1 aromatic carbocycles. The number of hydrogen-bond donors (Lipinski definition) is 1. The maximum absolute atomic E-state index is 12.7. The minimum atomic E-state index is -3.62. The maximum Gasteiger partial charge on any atom is 0.274 e. The Hall–Kier alpha value is -0.220. The van der Waals surface area contributed by atoms with Crippen LogP contribution in [0.2, 0.25) is 5.02 Å². The molecule has 106 valence electrons. The third kappa shape index (κ3) is 2.94. The van der Waals surface area contributed by atoms with Gasteiger partial charge in [-0.15, -0.1) is 0 Å². The average Bonchev–Trinajstić information content (AvgIpc) is 2.34. The van der Waals surface area contributed by atoms with Gasteiger partial charge in [-0.3, -0.25) is 0 Å². The second-order valence-electron chi connectivity index (χ2n) is 5.74. The van der Waals surface area contributed by atoms with E-state index in [4.69, 9.17) is 20.6 Å². The van der Waals surface area contributed by atoms with Gasteiger partial charge in [0.2, 0.25) is 5.34 Å². The lowest BCUT2D eigenvalue weighted by Crippen LogP contribution is -2.43. The zero-order valence-corrected chi connectivity index (χ0v) is 12.9. The predicted octanol–water partition coefficient (Wildman–Crippen LogP) is 2.70. The fraction of sp³-hybridized carbons (Fsp3) is 0.538. The molecule has 1 aliphatic rings. The Morgan fingerprint density at radius 3 is 2.21 bits per heavy atom.